The van der Waals surface area contributed by atoms with E-state index in [1.165, 1.54) is 0 Å². The number of anilines is 1. The maximum absolute atomic E-state index is 8.92. The SMILES string of the molecule is CN1CCCN(c2ccccc2Cl)CC1CC#N. The molecule has 96 valence electrons. The zero-order valence-corrected chi connectivity index (χ0v) is 11.4. The van der Waals surface area contributed by atoms with Crippen LogP contribution in [0.4, 0.5) is 5.69 Å². The van der Waals surface area contributed by atoms with Crippen molar-refractivity contribution in [1.29, 1.82) is 5.26 Å². The molecule has 0 bridgehead atoms. The van der Waals surface area contributed by atoms with E-state index < -0.39 is 0 Å². The van der Waals surface area contributed by atoms with E-state index in [4.69, 9.17) is 16.9 Å². The average molecular weight is 264 g/mol. The molecule has 1 aromatic carbocycles. The molecule has 1 aliphatic rings. The number of para-hydroxylation sites is 1. The minimum absolute atomic E-state index is 0.286. The lowest BCUT2D eigenvalue weighted by Gasteiger charge is -2.29. The third-order valence-corrected chi connectivity index (χ3v) is 3.83. The van der Waals surface area contributed by atoms with E-state index in [0.717, 1.165) is 36.8 Å². The second-order valence-electron chi connectivity index (χ2n) is 4.75. The summed E-state index contributed by atoms with van der Waals surface area (Å²) in [7, 11) is 2.10. The maximum atomic E-state index is 8.92. The van der Waals surface area contributed by atoms with E-state index in [1.807, 2.05) is 18.2 Å². The van der Waals surface area contributed by atoms with E-state index in [0.29, 0.717) is 6.42 Å². The van der Waals surface area contributed by atoms with Crippen molar-refractivity contribution in [2.24, 2.45) is 0 Å². The van der Waals surface area contributed by atoms with Crippen molar-refractivity contribution in [1.82, 2.24) is 4.90 Å². The van der Waals surface area contributed by atoms with Crippen LogP contribution in [0, 0.1) is 11.3 Å². The van der Waals surface area contributed by atoms with Crippen LogP contribution in [0.2, 0.25) is 5.02 Å². The molecule has 0 N–H and O–H groups in total. The molecule has 0 spiro atoms. The normalized spacial score (nSPS) is 21.4. The second kappa shape index (κ2) is 6.08. The first kappa shape index (κ1) is 13.2. The first-order valence-corrected chi connectivity index (χ1v) is 6.67. The van der Waals surface area contributed by atoms with Crippen molar-refractivity contribution in [2.75, 3.05) is 31.6 Å². The highest BCUT2D eigenvalue weighted by Gasteiger charge is 2.23. The molecule has 0 aromatic heterocycles. The number of hydrogen-bond acceptors (Lipinski definition) is 3. The van der Waals surface area contributed by atoms with Gasteiger partial charge in [-0.05, 0) is 32.1 Å². The largest absolute Gasteiger partial charge is 0.369 e. The van der Waals surface area contributed by atoms with Gasteiger partial charge in [0, 0.05) is 19.1 Å². The Bertz CT molecular complexity index is 441. The van der Waals surface area contributed by atoms with E-state index in [9.17, 15) is 0 Å². The summed E-state index contributed by atoms with van der Waals surface area (Å²) < 4.78 is 0. The van der Waals surface area contributed by atoms with Gasteiger partial charge in [-0.25, -0.2) is 0 Å². The number of halogens is 1. The Kier molecular flexibility index (Phi) is 4.46. The summed E-state index contributed by atoms with van der Waals surface area (Å²) in [5.74, 6) is 0. The van der Waals surface area contributed by atoms with Crippen LogP contribution in [0.5, 0.6) is 0 Å². The molecular weight excluding hydrogens is 246 g/mol. The summed E-state index contributed by atoms with van der Waals surface area (Å²) in [6.07, 6.45) is 1.67. The molecule has 1 heterocycles. The number of hydrogen-bond donors (Lipinski definition) is 0. The molecule has 3 nitrogen and oxygen atoms in total. The highest BCUT2D eigenvalue weighted by molar-refractivity contribution is 6.33. The first-order valence-electron chi connectivity index (χ1n) is 6.29. The summed E-state index contributed by atoms with van der Waals surface area (Å²) in [4.78, 5) is 4.58. The molecule has 0 saturated carbocycles. The molecule has 18 heavy (non-hydrogen) atoms. The summed E-state index contributed by atoms with van der Waals surface area (Å²) in [6.45, 7) is 2.90. The average Bonchev–Trinajstić information content (AvgIpc) is 2.54. The third-order valence-electron chi connectivity index (χ3n) is 3.51. The van der Waals surface area contributed by atoms with Gasteiger partial charge in [-0.3, -0.25) is 0 Å². The van der Waals surface area contributed by atoms with Crippen LogP contribution in [0.15, 0.2) is 24.3 Å². The second-order valence-corrected chi connectivity index (χ2v) is 5.15. The van der Waals surface area contributed by atoms with Gasteiger partial charge in [0.2, 0.25) is 0 Å². The van der Waals surface area contributed by atoms with Crippen LogP contribution in [0.1, 0.15) is 12.8 Å². The zero-order valence-electron chi connectivity index (χ0n) is 10.6. The molecule has 1 aliphatic heterocycles. The smallest absolute Gasteiger partial charge is 0.0639 e. The van der Waals surface area contributed by atoms with Crippen molar-refractivity contribution >= 4 is 17.3 Å². The molecule has 0 amide bonds. The van der Waals surface area contributed by atoms with Crippen LogP contribution in [0.3, 0.4) is 0 Å². The molecular formula is C14H18ClN3. The number of benzene rings is 1. The topological polar surface area (TPSA) is 30.3 Å². The Morgan fingerprint density at radius 1 is 1.39 bits per heavy atom. The lowest BCUT2D eigenvalue weighted by molar-refractivity contribution is 0.264. The van der Waals surface area contributed by atoms with Crippen LogP contribution in [-0.4, -0.2) is 37.6 Å². The molecule has 0 aliphatic carbocycles. The van der Waals surface area contributed by atoms with Crippen molar-refractivity contribution in [3.63, 3.8) is 0 Å². The minimum atomic E-state index is 0.286. The molecule has 1 fully saturated rings. The fraction of sp³-hybridized carbons (Fsp3) is 0.500. The molecule has 1 saturated heterocycles. The molecule has 1 unspecified atom stereocenters. The lowest BCUT2D eigenvalue weighted by Crippen LogP contribution is -2.38. The Hall–Kier alpha value is -1.24. The van der Waals surface area contributed by atoms with E-state index in [1.54, 1.807) is 0 Å². The van der Waals surface area contributed by atoms with Gasteiger partial charge in [-0.2, -0.15) is 5.26 Å². The van der Waals surface area contributed by atoms with Gasteiger partial charge in [0.15, 0.2) is 0 Å². The van der Waals surface area contributed by atoms with Gasteiger partial charge >= 0.3 is 0 Å². The van der Waals surface area contributed by atoms with Crippen LogP contribution < -0.4 is 4.90 Å². The van der Waals surface area contributed by atoms with Crippen molar-refractivity contribution in [3.8, 4) is 6.07 Å². The van der Waals surface area contributed by atoms with Gasteiger partial charge in [0.05, 0.1) is 23.2 Å². The van der Waals surface area contributed by atoms with Gasteiger partial charge in [-0.1, -0.05) is 23.7 Å². The van der Waals surface area contributed by atoms with Crippen LogP contribution in [-0.2, 0) is 0 Å². The fourth-order valence-corrected chi connectivity index (χ4v) is 2.69. The highest BCUT2D eigenvalue weighted by Crippen LogP contribution is 2.27. The molecule has 1 atom stereocenters. The predicted molar refractivity (Wildman–Crippen MR) is 74.9 cm³/mol. The van der Waals surface area contributed by atoms with Gasteiger partial charge in [0.25, 0.3) is 0 Å². The molecule has 1 aromatic rings. The van der Waals surface area contributed by atoms with Gasteiger partial charge < -0.3 is 9.80 Å². The Labute approximate surface area is 114 Å². The number of nitrogens with zero attached hydrogens (tertiary/aromatic N) is 3. The Morgan fingerprint density at radius 2 is 2.17 bits per heavy atom. The number of rotatable bonds is 2. The molecule has 4 heteroatoms. The lowest BCUT2D eigenvalue weighted by atomic mass is 10.2. The van der Waals surface area contributed by atoms with E-state index in [2.05, 4.69) is 29.0 Å². The number of likely N-dealkylation sites (N-methyl/N-ethyl adjacent to an activating group) is 1. The van der Waals surface area contributed by atoms with Crippen molar-refractivity contribution in [2.45, 2.75) is 18.9 Å². The summed E-state index contributed by atoms with van der Waals surface area (Å²) in [5.41, 5.74) is 1.08. The maximum Gasteiger partial charge on any atom is 0.0639 e. The third kappa shape index (κ3) is 2.95. The minimum Gasteiger partial charge on any atom is -0.369 e. The Balaban J connectivity index is 2.18. The summed E-state index contributed by atoms with van der Waals surface area (Å²) in [5, 5.41) is 9.71. The van der Waals surface area contributed by atoms with Crippen LogP contribution >= 0.6 is 11.6 Å². The molecule has 0 radical (unpaired) electrons. The van der Waals surface area contributed by atoms with Gasteiger partial charge in [0.1, 0.15) is 0 Å². The van der Waals surface area contributed by atoms with Crippen molar-refractivity contribution in [3.05, 3.63) is 29.3 Å². The first-order chi connectivity index (χ1) is 8.72. The quantitative estimate of drug-likeness (QED) is 0.822. The highest BCUT2D eigenvalue weighted by atomic mass is 35.5. The Morgan fingerprint density at radius 3 is 2.89 bits per heavy atom. The molecule has 2 rings (SSSR count). The summed E-state index contributed by atoms with van der Waals surface area (Å²) >= 11 is 6.25. The van der Waals surface area contributed by atoms with E-state index >= 15 is 0 Å². The van der Waals surface area contributed by atoms with E-state index in [-0.39, 0.29) is 6.04 Å². The van der Waals surface area contributed by atoms with Gasteiger partial charge in [-0.15, -0.1) is 0 Å². The summed E-state index contributed by atoms with van der Waals surface area (Å²) in [6, 6.07) is 10.5. The van der Waals surface area contributed by atoms with Crippen molar-refractivity contribution < 1.29 is 0 Å². The standard InChI is InChI=1S/C14H18ClN3/c1-17-9-4-10-18(11-12(17)7-8-16)14-6-3-2-5-13(14)15/h2-3,5-6,12H,4,7,9-11H2,1H3. The fourth-order valence-electron chi connectivity index (χ4n) is 2.43. The zero-order chi connectivity index (χ0) is 13.0. The number of nitriles is 1. The van der Waals surface area contributed by atoms with Crippen LogP contribution in [0.25, 0.3) is 0 Å². The predicted octanol–water partition coefficient (Wildman–Crippen LogP) is 2.76. The monoisotopic (exact) mass is 263 g/mol.